The van der Waals surface area contributed by atoms with Gasteiger partial charge in [-0.05, 0) is 55.6 Å². The number of phenols is 1. The average molecular weight is 525 g/mol. The number of anilines is 3. The van der Waals surface area contributed by atoms with Crippen molar-refractivity contribution in [2.45, 2.75) is 24.9 Å². The topological polar surface area (TPSA) is 124 Å². The molecule has 0 aliphatic carbocycles. The van der Waals surface area contributed by atoms with Gasteiger partial charge in [0.1, 0.15) is 11.4 Å². The quantitative estimate of drug-likeness (QED) is 0.428. The van der Waals surface area contributed by atoms with Crippen LogP contribution in [0.15, 0.2) is 48.7 Å². The Morgan fingerprint density at radius 3 is 2.77 bits per heavy atom. The van der Waals surface area contributed by atoms with E-state index < -0.39 is 0 Å². The number of nitrogens with zero attached hydrogens (tertiary/aromatic N) is 6. The van der Waals surface area contributed by atoms with Crippen LogP contribution in [0, 0.1) is 17.8 Å². The van der Waals surface area contributed by atoms with Gasteiger partial charge in [-0.2, -0.15) is 0 Å². The van der Waals surface area contributed by atoms with Crippen LogP contribution >= 0.6 is 0 Å². The number of likely N-dealkylation sites (tertiary alicyclic amines) is 1. The number of nitrogen functional groups attached to an aromatic ring is 1. The number of nitrogens with one attached hydrogen (secondary N) is 1. The Labute approximate surface area is 227 Å². The molecule has 3 atom stereocenters. The van der Waals surface area contributed by atoms with E-state index in [1.807, 2.05) is 30.5 Å². The Hall–Kier alpha value is -4.36. The van der Waals surface area contributed by atoms with Gasteiger partial charge in [-0.25, -0.2) is 4.98 Å². The third kappa shape index (κ3) is 4.93. The van der Waals surface area contributed by atoms with E-state index >= 15 is 0 Å². The van der Waals surface area contributed by atoms with Crippen molar-refractivity contribution in [1.29, 1.82) is 0 Å². The third-order valence-electron chi connectivity index (χ3n) is 7.97. The first-order valence-corrected chi connectivity index (χ1v) is 13.3. The van der Waals surface area contributed by atoms with E-state index in [9.17, 15) is 9.90 Å². The molecule has 39 heavy (non-hydrogen) atoms. The van der Waals surface area contributed by atoms with Crippen molar-refractivity contribution in [3.63, 3.8) is 0 Å². The number of carbonyl (C=O) groups excluding carboxylic acids is 1. The molecule has 2 unspecified atom stereocenters. The van der Waals surface area contributed by atoms with Crippen LogP contribution in [0.25, 0.3) is 11.3 Å². The zero-order valence-electron chi connectivity index (χ0n) is 21.9. The van der Waals surface area contributed by atoms with Gasteiger partial charge >= 0.3 is 0 Å². The molecule has 200 valence electrons. The maximum atomic E-state index is 11.9. The van der Waals surface area contributed by atoms with Crippen molar-refractivity contribution in [1.82, 2.24) is 25.4 Å². The highest BCUT2D eigenvalue weighted by Crippen LogP contribution is 2.40. The number of carbonyl (C=O) groups is 1. The lowest BCUT2D eigenvalue weighted by Gasteiger charge is -2.58. The number of piperazine rings is 1. The van der Waals surface area contributed by atoms with Gasteiger partial charge in [0.05, 0.1) is 23.8 Å². The number of hydrogen-bond acceptors (Lipinski definition) is 9. The van der Waals surface area contributed by atoms with Crippen molar-refractivity contribution in [2.24, 2.45) is 5.92 Å². The van der Waals surface area contributed by atoms with Crippen LogP contribution in [0.1, 0.15) is 18.5 Å². The summed E-state index contributed by atoms with van der Waals surface area (Å²) in [5.41, 5.74) is 10.2. The second kappa shape index (κ2) is 10.4. The molecule has 4 aliphatic rings. The summed E-state index contributed by atoms with van der Waals surface area (Å²) < 4.78 is 0. The molecule has 0 spiro atoms. The minimum absolute atomic E-state index is 0.0546. The molecule has 0 saturated carbocycles. The predicted octanol–water partition coefficient (Wildman–Crippen LogP) is 1.71. The Kier molecular flexibility index (Phi) is 6.67. The number of aromatic nitrogens is 3. The van der Waals surface area contributed by atoms with E-state index in [-0.39, 0.29) is 17.6 Å². The van der Waals surface area contributed by atoms with E-state index in [1.54, 1.807) is 19.2 Å². The molecular formula is C29H32N8O2. The Morgan fingerprint density at radius 1 is 1.15 bits per heavy atom. The smallest absolute Gasteiger partial charge is 0.224 e. The zero-order chi connectivity index (χ0) is 26.9. The summed E-state index contributed by atoms with van der Waals surface area (Å²) in [4.78, 5) is 23.3. The lowest BCUT2D eigenvalue weighted by atomic mass is 9.86. The van der Waals surface area contributed by atoms with Crippen LogP contribution in [0.4, 0.5) is 17.2 Å². The summed E-state index contributed by atoms with van der Waals surface area (Å²) >= 11 is 0. The third-order valence-corrected chi connectivity index (χ3v) is 7.97. The summed E-state index contributed by atoms with van der Waals surface area (Å²) in [6.45, 7) is 3.91. The monoisotopic (exact) mass is 524 g/mol. The number of aromatic hydroxyl groups is 1. The molecule has 6 heterocycles. The van der Waals surface area contributed by atoms with Gasteiger partial charge in [-0.1, -0.05) is 18.1 Å². The van der Waals surface area contributed by atoms with E-state index in [0.717, 1.165) is 56.1 Å². The highest BCUT2D eigenvalue weighted by Gasteiger charge is 2.45. The van der Waals surface area contributed by atoms with Gasteiger partial charge in [-0.3, -0.25) is 9.69 Å². The van der Waals surface area contributed by atoms with E-state index in [0.29, 0.717) is 35.7 Å². The number of pyridine rings is 1. The molecule has 2 aromatic heterocycles. The number of benzene rings is 1. The maximum absolute atomic E-state index is 11.9. The van der Waals surface area contributed by atoms with Crippen molar-refractivity contribution in [2.75, 3.05) is 55.3 Å². The van der Waals surface area contributed by atoms with E-state index in [4.69, 9.17) is 5.73 Å². The van der Waals surface area contributed by atoms with Crippen molar-refractivity contribution < 1.29 is 9.90 Å². The predicted molar refractivity (Wildman–Crippen MR) is 150 cm³/mol. The fourth-order valence-corrected chi connectivity index (χ4v) is 5.98. The van der Waals surface area contributed by atoms with Crippen LogP contribution in [-0.2, 0) is 4.79 Å². The SMILES string of the molecule is CNC(=O)[C@H]1CCN(CC#Cc2cc(N3C4CC3CN(c3cc(-c5ccccc5O)nnc3N)C4)ccn2)C1. The number of rotatable bonds is 5. The van der Waals surface area contributed by atoms with E-state index in [2.05, 4.69) is 53.1 Å². The maximum Gasteiger partial charge on any atom is 0.224 e. The molecule has 4 fully saturated rings. The number of nitrogens with two attached hydrogens (primary N) is 1. The Bertz CT molecular complexity index is 1440. The van der Waals surface area contributed by atoms with Crippen molar-refractivity contribution in [3.8, 4) is 28.8 Å². The minimum atomic E-state index is 0.0546. The van der Waals surface area contributed by atoms with Gasteiger partial charge in [0.25, 0.3) is 0 Å². The molecule has 10 nitrogen and oxygen atoms in total. The van der Waals surface area contributed by atoms with Crippen LogP contribution in [-0.4, -0.2) is 83.0 Å². The molecule has 2 bridgehead atoms. The summed E-state index contributed by atoms with van der Waals surface area (Å²) in [6, 6.07) is 13.8. The lowest BCUT2D eigenvalue weighted by Crippen LogP contribution is -2.69. The molecule has 3 aromatic rings. The highest BCUT2D eigenvalue weighted by atomic mass is 16.3. The standard InChI is InChI=1S/C29H32N8O2/c1-31-29(39)19-9-12-35(16-19)11-4-5-20-13-21(8-10-32-20)37-22-14-23(37)18-36(17-22)26-15-25(33-34-28(26)30)24-6-2-3-7-27(24)38/h2-3,6-8,10,13,15,19,22-23,38H,9,11-12,14,16-18H2,1H3,(H2,30,34)(H,31,39)/t19-,22?,23?/m0/s1. The van der Waals surface area contributed by atoms with E-state index in [1.165, 1.54) is 0 Å². The van der Waals surface area contributed by atoms with Crippen LogP contribution < -0.4 is 20.9 Å². The number of piperidine rings is 1. The van der Waals surface area contributed by atoms with Crippen LogP contribution in [0.3, 0.4) is 0 Å². The second-order valence-electron chi connectivity index (χ2n) is 10.4. The van der Waals surface area contributed by atoms with Gasteiger partial charge in [0.2, 0.25) is 5.91 Å². The lowest BCUT2D eigenvalue weighted by molar-refractivity contribution is -0.124. The second-order valence-corrected chi connectivity index (χ2v) is 10.4. The van der Waals surface area contributed by atoms with Gasteiger partial charge in [0, 0.05) is 56.2 Å². The molecule has 1 amide bonds. The Morgan fingerprint density at radius 2 is 1.97 bits per heavy atom. The first kappa shape index (κ1) is 24.9. The average Bonchev–Trinajstić information content (AvgIpc) is 3.42. The molecule has 7 rings (SSSR count). The summed E-state index contributed by atoms with van der Waals surface area (Å²) in [5.74, 6) is 7.18. The largest absolute Gasteiger partial charge is 0.507 e. The molecule has 4 saturated heterocycles. The normalized spacial score (nSPS) is 22.1. The van der Waals surface area contributed by atoms with Crippen molar-refractivity contribution in [3.05, 3.63) is 54.4 Å². The summed E-state index contributed by atoms with van der Waals surface area (Å²) in [5, 5.41) is 21.4. The van der Waals surface area contributed by atoms with Gasteiger partial charge < -0.3 is 26.0 Å². The number of phenolic OH excluding ortho intramolecular Hbond substituents is 1. The molecular weight excluding hydrogens is 492 g/mol. The first-order chi connectivity index (χ1) is 19.0. The first-order valence-electron chi connectivity index (χ1n) is 13.3. The summed E-state index contributed by atoms with van der Waals surface area (Å²) in [7, 11) is 1.69. The van der Waals surface area contributed by atoms with Gasteiger partial charge in [-0.15, -0.1) is 10.2 Å². The molecule has 1 aromatic carbocycles. The molecule has 4 aliphatic heterocycles. The Balaban J connectivity index is 1.12. The number of amides is 1. The van der Waals surface area contributed by atoms with Crippen LogP contribution in [0.5, 0.6) is 5.75 Å². The highest BCUT2D eigenvalue weighted by molar-refractivity contribution is 5.79. The van der Waals surface area contributed by atoms with Crippen molar-refractivity contribution >= 4 is 23.1 Å². The minimum Gasteiger partial charge on any atom is -0.507 e. The molecule has 0 radical (unpaired) electrons. The number of hydrogen-bond donors (Lipinski definition) is 3. The fraction of sp³-hybridized carbons (Fsp3) is 0.379. The molecule has 4 N–H and O–H groups in total. The number of para-hydroxylation sites is 1. The zero-order valence-corrected chi connectivity index (χ0v) is 21.9. The summed E-state index contributed by atoms with van der Waals surface area (Å²) in [6.07, 6.45) is 3.82. The number of fused-ring (bicyclic) bond motifs is 2. The van der Waals surface area contributed by atoms with Crippen LogP contribution in [0.2, 0.25) is 0 Å². The molecule has 10 heteroatoms. The van der Waals surface area contributed by atoms with Gasteiger partial charge in [0.15, 0.2) is 5.82 Å². The fourth-order valence-electron chi connectivity index (χ4n) is 5.98.